The molecule has 1 aliphatic heterocycles. The van der Waals surface area contributed by atoms with Crippen molar-refractivity contribution < 1.29 is 18.4 Å². The van der Waals surface area contributed by atoms with Gasteiger partial charge in [-0.25, -0.2) is 13.6 Å². The highest BCUT2D eigenvalue weighted by Crippen LogP contribution is 2.15. The number of thiophene rings is 1. The van der Waals surface area contributed by atoms with Crippen molar-refractivity contribution in [2.45, 2.75) is 12.8 Å². The van der Waals surface area contributed by atoms with Crippen molar-refractivity contribution in [1.29, 1.82) is 0 Å². The van der Waals surface area contributed by atoms with Crippen LogP contribution in [0.3, 0.4) is 0 Å². The Kier molecular flexibility index (Phi) is 7.54. The molecule has 1 aromatic heterocycles. The summed E-state index contributed by atoms with van der Waals surface area (Å²) in [6, 6.07) is 6.97. The Bertz CT molecular complexity index is 832. The van der Waals surface area contributed by atoms with E-state index in [-0.39, 0.29) is 24.2 Å². The highest BCUT2D eigenvalue weighted by molar-refractivity contribution is 7.09. The maximum absolute atomic E-state index is 13.7. The van der Waals surface area contributed by atoms with Crippen LogP contribution in [0, 0.1) is 11.6 Å². The maximum Gasteiger partial charge on any atom is 0.317 e. The van der Waals surface area contributed by atoms with Gasteiger partial charge < -0.3 is 15.5 Å². The molecular weight excluding hydrogens is 398 g/mol. The summed E-state index contributed by atoms with van der Waals surface area (Å²) < 4.78 is 26.6. The number of nitrogens with zero attached hydrogens (tertiary/aromatic N) is 2. The molecule has 6 nitrogen and oxygen atoms in total. The fourth-order valence-corrected chi connectivity index (χ4v) is 3.88. The first kappa shape index (κ1) is 21.2. The lowest BCUT2D eigenvalue weighted by Crippen LogP contribution is -2.43. The van der Waals surface area contributed by atoms with Gasteiger partial charge in [0.25, 0.3) is 0 Å². The molecule has 2 aromatic rings. The predicted molar refractivity (Wildman–Crippen MR) is 109 cm³/mol. The zero-order valence-corrected chi connectivity index (χ0v) is 16.8. The van der Waals surface area contributed by atoms with E-state index in [4.69, 9.17) is 0 Å². The zero-order chi connectivity index (χ0) is 20.6. The van der Waals surface area contributed by atoms with E-state index in [0.29, 0.717) is 32.7 Å². The van der Waals surface area contributed by atoms with Gasteiger partial charge in [-0.3, -0.25) is 9.69 Å². The summed E-state index contributed by atoms with van der Waals surface area (Å²) in [7, 11) is 0. The van der Waals surface area contributed by atoms with Crippen LogP contribution in [0.4, 0.5) is 19.3 Å². The number of carbonyl (C=O) groups excluding carboxylic acids is 2. The molecule has 0 saturated carbocycles. The average molecular weight is 423 g/mol. The van der Waals surface area contributed by atoms with Gasteiger partial charge in [-0.05, 0) is 36.4 Å². The molecule has 0 radical (unpaired) electrons. The lowest BCUT2D eigenvalue weighted by Gasteiger charge is -2.22. The second-order valence-electron chi connectivity index (χ2n) is 6.85. The number of halogens is 2. The van der Waals surface area contributed by atoms with Crippen LogP contribution in [0.5, 0.6) is 0 Å². The van der Waals surface area contributed by atoms with Crippen LogP contribution in [0.2, 0.25) is 0 Å². The van der Waals surface area contributed by atoms with Crippen LogP contribution in [0.1, 0.15) is 11.3 Å². The van der Waals surface area contributed by atoms with Crippen LogP contribution in [0.15, 0.2) is 35.7 Å². The zero-order valence-electron chi connectivity index (χ0n) is 16.0. The number of amides is 3. The number of benzene rings is 1. The third-order valence-electron chi connectivity index (χ3n) is 4.68. The molecule has 2 N–H and O–H groups in total. The molecule has 3 amide bonds. The molecule has 3 rings (SSSR count). The molecule has 0 unspecified atom stereocenters. The Morgan fingerprint density at radius 1 is 1.10 bits per heavy atom. The normalized spacial score (nSPS) is 15.0. The largest absolute Gasteiger partial charge is 0.338 e. The van der Waals surface area contributed by atoms with E-state index in [2.05, 4.69) is 10.6 Å². The molecule has 29 heavy (non-hydrogen) atoms. The first-order valence-electron chi connectivity index (χ1n) is 9.53. The van der Waals surface area contributed by atoms with Gasteiger partial charge in [-0.2, -0.15) is 0 Å². The van der Waals surface area contributed by atoms with Gasteiger partial charge >= 0.3 is 6.03 Å². The highest BCUT2D eigenvalue weighted by Gasteiger charge is 2.20. The van der Waals surface area contributed by atoms with Crippen molar-refractivity contribution in [3.8, 4) is 0 Å². The Hall–Kier alpha value is -2.52. The van der Waals surface area contributed by atoms with Gasteiger partial charge in [0.2, 0.25) is 5.91 Å². The van der Waals surface area contributed by atoms with Gasteiger partial charge in [0.05, 0.1) is 12.2 Å². The Labute approximate surface area is 172 Å². The minimum atomic E-state index is -0.806. The lowest BCUT2D eigenvalue weighted by atomic mass is 10.3. The summed E-state index contributed by atoms with van der Waals surface area (Å²) in [5.41, 5.74) is -0.0435. The molecule has 1 aromatic carbocycles. The van der Waals surface area contributed by atoms with E-state index in [1.54, 1.807) is 16.2 Å². The van der Waals surface area contributed by atoms with Gasteiger partial charge in [0.15, 0.2) is 0 Å². The van der Waals surface area contributed by atoms with Crippen molar-refractivity contribution in [2.24, 2.45) is 0 Å². The molecule has 9 heteroatoms. The van der Waals surface area contributed by atoms with Crippen LogP contribution in [-0.2, 0) is 11.2 Å². The minimum Gasteiger partial charge on any atom is -0.338 e. The number of nitrogens with one attached hydrogen (secondary N) is 2. The molecule has 0 atom stereocenters. The van der Waals surface area contributed by atoms with Crippen molar-refractivity contribution in [2.75, 3.05) is 44.6 Å². The molecule has 0 aliphatic carbocycles. The quantitative estimate of drug-likeness (QED) is 0.752. The second kappa shape index (κ2) is 10.3. The van der Waals surface area contributed by atoms with E-state index in [0.717, 1.165) is 25.0 Å². The lowest BCUT2D eigenvalue weighted by molar-refractivity contribution is -0.117. The summed E-state index contributed by atoms with van der Waals surface area (Å²) in [5.74, 6) is -1.87. The number of hydrogen-bond acceptors (Lipinski definition) is 4. The third-order valence-corrected chi connectivity index (χ3v) is 5.61. The van der Waals surface area contributed by atoms with E-state index in [9.17, 15) is 18.4 Å². The number of anilines is 1. The summed E-state index contributed by atoms with van der Waals surface area (Å²) in [5, 5.41) is 7.42. The van der Waals surface area contributed by atoms with Crippen LogP contribution < -0.4 is 10.6 Å². The molecule has 1 saturated heterocycles. The fourth-order valence-electron chi connectivity index (χ4n) is 3.18. The highest BCUT2D eigenvalue weighted by atomic mass is 32.1. The van der Waals surface area contributed by atoms with Crippen molar-refractivity contribution in [3.05, 3.63) is 52.2 Å². The van der Waals surface area contributed by atoms with Crippen molar-refractivity contribution in [3.63, 3.8) is 0 Å². The summed E-state index contributed by atoms with van der Waals surface area (Å²) in [6.07, 6.45) is 1.56. The minimum absolute atomic E-state index is 0.0435. The summed E-state index contributed by atoms with van der Waals surface area (Å²) in [6.45, 7) is 3.03. The molecule has 2 heterocycles. The van der Waals surface area contributed by atoms with E-state index in [1.807, 2.05) is 22.4 Å². The van der Waals surface area contributed by atoms with Crippen molar-refractivity contribution in [1.82, 2.24) is 15.1 Å². The predicted octanol–water partition coefficient (Wildman–Crippen LogP) is 2.92. The first-order valence-corrected chi connectivity index (χ1v) is 10.4. The Morgan fingerprint density at radius 2 is 1.97 bits per heavy atom. The first-order chi connectivity index (χ1) is 14.0. The smallest absolute Gasteiger partial charge is 0.317 e. The van der Waals surface area contributed by atoms with E-state index in [1.165, 1.54) is 10.9 Å². The second-order valence-corrected chi connectivity index (χ2v) is 7.88. The maximum atomic E-state index is 13.7. The topological polar surface area (TPSA) is 64.7 Å². The van der Waals surface area contributed by atoms with Crippen LogP contribution >= 0.6 is 11.3 Å². The summed E-state index contributed by atoms with van der Waals surface area (Å²) >= 11 is 1.67. The number of rotatable bonds is 6. The summed E-state index contributed by atoms with van der Waals surface area (Å²) in [4.78, 5) is 29.5. The molecule has 1 fully saturated rings. The van der Waals surface area contributed by atoms with Gasteiger partial charge in [0, 0.05) is 43.7 Å². The van der Waals surface area contributed by atoms with Gasteiger partial charge in [0.1, 0.15) is 11.6 Å². The van der Waals surface area contributed by atoms with Crippen LogP contribution in [-0.4, -0.2) is 61.0 Å². The molecule has 0 spiro atoms. The Balaban J connectivity index is 1.41. The molecular formula is C20H24F2N4O2S. The number of urea groups is 1. The average Bonchev–Trinajstić information content (AvgIpc) is 3.09. The monoisotopic (exact) mass is 422 g/mol. The van der Waals surface area contributed by atoms with Gasteiger partial charge in [-0.15, -0.1) is 11.3 Å². The molecule has 156 valence electrons. The van der Waals surface area contributed by atoms with Crippen molar-refractivity contribution >= 4 is 29.0 Å². The Morgan fingerprint density at radius 3 is 2.72 bits per heavy atom. The third kappa shape index (κ3) is 6.50. The molecule has 1 aliphatic rings. The SMILES string of the molecule is O=C(CN1CCCN(C(=O)NCCc2cccs2)CC1)Nc1ccc(F)cc1F. The number of carbonyl (C=O) groups is 2. The van der Waals surface area contributed by atoms with Crippen LogP contribution in [0.25, 0.3) is 0 Å². The number of hydrogen-bond donors (Lipinski definition) is 2. The van der Waals surface area contributed by atoms with Gasteiger partial charge in [-0.1, -0.05) is 6.07 Å². The van der Waals surface area contributed by atoms with E-state index < -0.39 is 11.6 Å². The molecule has 0 bridgehead atoms. The standard InChI is InChI=1S/C20H24F2N4O2S/c21-15-4-5-18(17(22)13-15)24-19(27)14-25-8-2-9-26(11-10-25)20(28)23-7-6-16-3-1-12-29-16/h1,3-5,12-13H,2,6-11,14H2,(H,23,28)(H,24,27). The fraction of sp³-hybridized carbons (Fsp3) is 0.400. The van der Waals surface area contributed by atoms with E-state index >= 15 is 0 Å².